The van der Waals surface area contributed by atoms with Crippen LogP contribution in [0.3, 0.4) is 0 Å². The Morgan fingerprint density at radius 2 is 2.17 bits per heavy atom. The van der Waals surface area contributed by atoms with E-state index in [1.807, 2.05) is 19.0 Å². The third kappa shape index (κ3) is 3.22. The molecule has 2 fully saturated rings. The molecular formula is C13H24N2O3. The fourth-order valence-electron chi connectivity index (χ4n) is 2.79. The third-order valence-electron chi connectivity index (χ3n) is 3.93. The maximum Gasteiger partial charge on any atom is 0.229 e. The van der Waals surface area contributed by atoms with E-state index in [1.165, 1.54) is 0 Å². The Bertz CT molecular complexity index is 279. The number of rotatable bonds is 4. The fraction of sp³-hybridized carbons (Fsp3) is 0.923. The molecule has 2 heterocycles. The van der Waals surface area contributed by atoms with Crippen LogP contribution in [0, 0.1) is 11.8 Å². The van der Waals surface area contributed by atoms with Crippen LogP contribution < -0.4 is 5.32 Å². The smallest absolute Gasteiger partial charge is 0.229 e. The molecule has 3 unspecified atom stereocenters. The van der Waals surface area contributed by atoms with Crippen molar-refractivity contribution in [2.45, 2.75) is 18.9 Å². The molecule has 18 heavy (non-hydrogen) atoms. The minimum Gasteiger partial charge on any atom is -0.381 e. The van der Waals surface area contributed by atoms with Gasteiger partial charge in [0.25, 0.3) is 0 Å². The quantitative estimate of drug-likeness (QED) is 0.775. The molecule has 0 saturated carbocycles. The molecule has 3 atom stereocenters. The summed E-state index contributed by atoms with van der Waals surface area (Å²) in [4.78, 5) is 14.2. The highest BCUT2D eigenvalue weighted by Crippen LogP contribution is 2.19. The molecule has 5 nitrogen and oxygen atoms in total. The molecule has 0 aromatic carbocycles. The minimum atomic E-state index is -0.0375. The van der Waals surface area contributed by atoms with Gasteiger partial charge in [-0.1, -0.05) is 0 Å². The van der Waals surface area contributed by atoms with Gasteiger partial charge in [-0.2, -0.15) is 0 Å². The maximum atomic E-state index is 12.4. The number of hydrogen-bond donors (Lipinski definition) is 1. The lowest BCUT2D eigenvalue weighted by atomic mass is 9.99. The summed E-state index contributed by atoms with van der Waals surface area (Å²) in [7, 11) is 3.77. The summed E-state index contributed by atoms with van der Waals surface area (Å²) in [5, 5.41) is 3.16. The predicted octanol–water partition coefficient (Wildman–Crippen LogP) is 0.106. The third-order valence-corrected chi connectivity index (χ3v) is 3.93. The first-order chi connectivity index (χ1) is 8.72. The molecule has 0 spiro atoms. The Morgan fingerprint density at radius 1 is 1.33 bits per heavy atom. The van der Waals surface area contributed by atoms with Crippen molar-refractivity contribution in [3.63, 3.8) is 0 Å². The average molecular weight is 256 g/mol. The monoisotopic (exact) mass is 256 g/mol. The number of carbonyl (C=O) groups excluding carboxylic acids is 1. The lowest BCUT2D eigenvalue weighted by Gasteiger charge is -2.29. The minimum absolute atomic E-state index is 0.0375. The second-order valence-corrected chi connectivity index (χ2v) is 5.34. The molecule has 0 bridgehead atoms. The van der Waals surface area contributed by atoms with E-state index >= 15 is 0 Å². The van der Waals surface area contributed by atoms with Crippen LogP contribution in [0.2, 0.25) is 0 Å². The molecule has 2 saturated heterocycles. The van der Waals surface area contributed by atoms with Crippen LogP contribution in [0.4, 0.5) is 0 Å². The summed E-state index contributed by atoms with van der Waals surface area (Å²) in [6.45, 7) is 3.62. The standard InChI is InChI=1S/C13H24N2O3/c1-14-12-9-18-8-11(12)13(16)15(2)6-10-4-3-5-17-7-10/h10-12,14H,3-9H2,1-2H3. The van der Waals surface area contributed by atoms with E-state index in [-0.39, 0.29) is 17.9 Å². The highest BCUT2D eigenvalue weighted by Gasteiger charge is 2.35. The van der Waals surface area contributed by atoms with Gasteiger partial charge >= 0.3 is 0 Å². The molecule has 5 heteroatoms. The van der Waals surface area contributed by atoms with Gasteiger partial charge in [-0.3, -0.25) is 4.79 Å². The van der Waals surface area contributed by atoms with Gasteiger partial charge in [0.2, 0.25) is 5.91 Å². The summed E-state index contributed by atoms with van der Waals surface area (Å²) in [5.74, 6) is 0.644. The van der Waals surface area contributed by atoms with Crippen molar-refractivity contribution in [1.29, 1.82) is 0 Å². The van der Waals surface area contributed by atoms with Crippen LogP contribution in [-0.2, 0) is 14.3 Å². The van der Waals surface area contributed by atoms with Crippen molar-refractivity contribution in [3.05, 3.63) is 0 Å². The molecular weight excluding hydrogens is 232 g/mol. The van der Waals surface area contributed by atoms with Crippen molar-refractivity contribution in [2.24, 2.45) is 11.8 Å². The summed E-state index contributed by atoms with van der Waals surface area (Å²) < 4.78 is 10.8. The van der Waals surface area contributed by atoms with Gasteiger partial charge in [0.1, 0.15) is 0 Å². The number of hydrogen-bond acceptors (Lipinski definition) is 4. The van der Waals surface area contributed by atoms with Gasteiger partial charge in [0.05, 0.1) is 25.7 Å². The first-order valence-electron chi connectivity index (χ1n) is 6.80. The van der Waals surface area contributed by atoms with E-state index in [4.69, 9.17) is 9.47 Å². The van der Waals surface area contributed by atoms with Crippen LogP contribution in [0.25, 0.3) is 0 Å². The molecule has 0 aromatic rings. The van der Waals surface area contributed by atoms with Crippen molar-refractivity contribution >= 4 is 5.91 Å². The Kier molecular flexibility index (Phi) is 4.97. The molecule has 1 amide bonds. The molecule has 0 aromatic heterocycles. The summed E-state index contributed by atoms with van der Waals surface area (Å²) >= 11 is 0. The van der Waals surface area contributed by atoms with E-state index in [2.05, 4.69) is 5.32 Å². The first-order valence-corrected chi connectivity index (χ1v) is 6.80. The molecule has 0 aliphatic carbocycles. The maximum absolute atomic E-state index is 12.4. The number of nitrogens with zero attached hydrogens (tertiary/aromatic N) is 1. The molecule has 0 radical (unpaired) electrons. The molecule has 1 N–H and O–H groups in total. The van der Waals surface area contributed by atoms with E-state index in [0.717, 1.165) is 32.6 Å². The second-order valence-electron chi connectivity index (χ2n) is 5.34. The molecule has 104 valence electrons. The summed E-state index contributed by atoms with van der Waals surface area (Å²) in [5.41, 5.74) is 0. The van der Waals surface area contributed by atoms with Gasteiger partial charge in [-0.25, -0.2) is 0 Å². The largest absolute Gasteiger partial charge is 0.381 e. The van der Waals surface area contributed by atoms with E-state index in [1.54, 1.807) is 0 Å². The van der Waals surface area contributed by atoms with Crippen LogP contribution in [0.5, 0.6) is 0 Å². The Labute approximate surface area is 109 Å². The van der Waals surface area contributed by atoms with Crippen LogP contribution in [0.15, 0.2) is 0 Å². The van der Waals surface area contributed by atoms with Crippen LogP contribution >= 0.6 is 0 Å². The lowest BCUT2D eigenvalue weighted by Crippen LogP contribution is -2.45. The average Bonchev–Trinajstić information content (AvgIpc) is 2.87. The van der Waals surface area contributed by atoms with E-state index in [0.29, 0.717) is 19.1 Å². The topological polar surface area (TPSA) is 50.8 Å². The zero-order valence-electron chi connectivity index (χ0n) is 11.4. The van der Waals surface area contributed by atoms with Gasteiger partial charge in [-0.15, -0.1) is 0 Å². The molecule has 2 aliphatic heterocycles. The number of ether oxygens (including phenoxy) is 2. The van der Waals surface area contributed by atoms with Gasteiger partial charge in [0, 0.05) is 26.2 Å². The normalized spacial score (nSPS) is 32.4. The zero-order valence-corrected chi connectivity index (χ0v) is 11.4. The highest BCUT2D eigenvalue weighted by molar-refractivity contribution is 5.79. The highest BCUT2D eigenvalue weighted by atomic mass is 16.5. The number of likely N-dealkylation sites (N-methyl/N-ethyl adjacent to an activating group) is 1. The summed E-state index contributed by atoms with van der Waals surface area (Å²) in [6.07, 6.45) is 2.27. The number of amides is 1. The zero-order chi connectivity index (χ0) is 13.0. The van der Waals surface area contributed by atoms with Crippen molar-refractivity contribution in [2.75, 3.05) is 47.1 Å². The number of carbonyl (C=O) groups is 1. The summed E-state index contributed by atoms with van der Waals surface area (Å²) in [6, 6.07) is 0.155. The van der Waals surface area contributed by atoms with Gasteiger partial charge in [-0.05, 0) is 25.8 Å². The molecule has 2 aliphatic rings. The Hall–Kier alpha value is -0.650. The van der Waals surface area contributed by atoms with Gasteiger partial charge in [0.15, 0.2) is 0 Å². The van der Waals surface area contributed by atoms with Crippen molar-refractivity contribution in [1.82, 2.24) is 10.2 Å². The Morgan fingerprint density at radius 3 is 2.83 bits per heavy atom. The first kappa shape index (κ1) is 13.8. The van der Waals surface area contributed by atoms with Crippen LogP contribution in [0.1, 0.15) is 12.8 Å². The van der Waals surface area contributed by atoms with E-state index in [9.17, 15) is 4.79 Å². The molecule has 2 rings (SSSR count). The Balaban J connectivity index is 1.83. The van der Waals surface area contributed by atoms with Crippen molar-refractivity contribution in [3.8, 4) is 0 Å². The lowest BCUT2D eigenvalue weighted by molar-refractivity contribution is -0.135. The van der Waals surface area contributed by atoms with E-state index < -0.39 is 0 Å². The second kappa shape index (κ2) is 6.50. The number of nitrogens with one attached hydrogen (secondary N) is 1. The van der Waals surface area contributed by atoms with Crippen LogP contribution in [-0.4, -0.2) is 63.9 Å². The predicted molar refractivity (Wildman–Crippen MR) is 68.3 cm³/mol. The SMILES string of the molecule is CNC1COCC1C(=O)N(C)CC1CCCOC1. The van der Waals surface area contributed by atoms with Crippen molar-refractivity contribution < 1.29 is 14.3 Å². The van der Waals surface area contributed by atoms with Gasteiger partial charge < -0.3 is 19.7 Å². The fourth-order valence-corrected chi connectivity index (χ4v) is 2.79.